The zero-order chi connectivity index (χ0) is 20.3. The van der Waals surface area contributed by atoms with Crippen LogP contribution in [-0.2, 0) is 0 Å². The van der Waals surface area contributed by atoms with E-state index < -0.39 is 0 Å². The molecule has 30 heavy (non-hydrogen) atoms. The molecule has 1 aliphatic heterocycles. The van der Waals surface area contributed by atoms with Crippen molar-refractivity contribution >= 4 is 11.7 Å². The van der Waals surface area contributed by atoms with E-state index in [-0.39, 0.29) is 17.6 Å². The van der Waals surface area contributed by atoms with Gasteiger partial charge in [-0.25, -0.2) is 4.68 Å². The standard InChI is InChI=1S/C24H30N4O2/c29-20-6-7-27(15-20)23-21(14-25-28(23)19-4-2-1-3-5-19)22(30)26-24-11-16-8-17(12-24)10-18(9-16)13-24/h1-5,14,16-18,20,29H,6-13,15H2,(H,26,30). The zero-order valence-corrected chi connectivity index (χ0v) is 17.3. The summed E-state index contributed by atoms with van der Waals surface area (Å²) < 4.78 is 1.85. The summed E-state index contributed by atoms with van der Waals surface area (Å²) in [4.78, 5) is 15.7. The lowest BCUT2D eigenvalue weighted by atomic mass is 9.53. The number of hydrogen-bond donors (Lipinski definition) is 2. The molecule has 4 bridgehead atoms. The Morgan fingerprint density at radius 1 is 1.07 bits per heavy atom. The maximum Gasteiger partial charge on any atom is 0.257 e. The van der Waals surface area contributed by atoms with Gasteiger partial charge in [-0.05, 0) is 74.8 Å². The molecule has 2 heterocycles. The summed E-state index contributed by atoms with van der Waals surface area (Å²) >= 11 is 0. The van der Waals surface area contributed by atoms with E-state index in [0.717, 1.165) is 61.5 Å². The van der Waals surface area contributed by atoms with Crippen LogP contribution in [0, 0.1) is 17.8 Å². The Labute approximate surface area is 177 Å². The van der Waals surface area contributed by atoms with Crippen LogP contribution in [0.3, 0.4) is 0 Å². The molecule has 1 amide bonds. The SMILES string of the molecule is O=C(NC12CC3CC(CC(C3)C1)C2)c1cnn(-c2ccccc2)c1N1CCC(O)C1. The summed E-state index contributed by atoms with van der Waals surface area (Å²) in [6.45, 7) is 1.27. The molecular weight excluding hydrogens is 376 g/mol. The zero-order valence-electron chi connectivity index (χ0n) is 17.3. The van der Waals surface area contributed by atoms with E-state index >= 15 is 0 Å². The van der Waals surface area contributed by atoms with Gasteiger partial charge in [-0.2, -0.15) is 5.10 Å². The highest BCUT2D eigenvalue weighted by molar-refractivity contribution is 5.99. The summed E-state index contributed by atoms with van der Waals surface area (Å²) in [6, 6.07) is 9.95. The largest absolute Gasteiger partial charge is 0.391 e. The lowest BCUT2D eigenvalue weighted by Gasteiger charge is -2.56. The van der Waals surface area contributed by atoms with Gasteiger partial charge in [0.25, 0.3) is 5.91 Å². The second-order valence-corrected chi connectivity index (χ2v) is 10.2. The average Bonchev–Trinajstić information content (AvgIpc) is 3.33. The van der Waals surface area contributed by atoms with E-state index in [0.29, 0.717) is 12.1 Å². The summed E-state index contributed by atoms with van der Waals surface area (Å²) in [6.07, 6.45) is 9.55. The first-order chi connectivity index (χ1) is 14.6. The van der Waals surface area contributed by atoms with Gasteiger partial charge in [0.1, 0.15) is 11.4 Å². The van der Waals surface area contributed by atoms with Gasteiger partial charge >= 0.3 is 0 Å². The van der Waals surface area contributed by atoms with Crippen molar-refractivity contribution in [2.45, 2.75) is 56.6 Å². The Hall–Kier alpha value is -2.34. The lowest BCUT2D eigenvalue weighted by molar-refractivity contribution is -0.0166. The summed E-state index contributed by atoms with van der Waals surface area (Å²) in [5.74, 6) is 3.17. The van der Waals surface area contributed by atoms with Gasteiger partial charge in [-0.3, -0.25) is 4.79 Å². The van der Waals surface area contributed by atoms with Gasteiger partial charge in [0.05, 0.1) is 18.0 Å². The van der Waals surface area contributed by atoms with Crippen LogP contribution < -0.4 is 10.2 Å². The fourth-order valence-electron chi connectivity index (χ4n) is 7.07. The van der Waals surface area contributed by atoms with Crippen molar-refractivity contribution in [3.05, 3.63) is 42.1 Å². The third-order valence-electron chi connectivity index (χ3n) is 7.87. The number of hydrogen-bond acceptors (Lipinski definition) is 4. The number of β-amino-alcohol motifs (C(OH)–C–C–N with tert-alkyl or cyclic N) is 1. The van der Waals surface area contributed by atoms with E-state index in [9.17, 15) is 9.90 Å². The molecule has 0 spiro atoms. The minimum Gasteiger partial charge on any atom is -0.391 e. The van der Waals surface area contributed by atoms with Gasteiger partial charge in [0.2, 0.25) is 0 Å². The number of anilines is 1. The number of para-hydroxylation sites is 1. The van der Waals surface area contributed by atoms with Crippen molar-refractivity contribution in [1.82, 2.24) is 15.1 Å². The number of aromatic nitrogens is 2. The van der Waals surface area contributed by atoms with Gasteiger partial charge in [0, 0.05) is 18.6 Å². The average molecular weight is 407 g/mol. The highest BCUT2D eigenvalue weighted by Gasteiger charge is 2.51. The van der Waals surface area contributed by atoms with Crippen LogP contribution in [0.1, 0.15) is 55.3 Å². The highest BCUT2D eigenvalue weighted by atomic mass is 16.3. The molecule has 1 saturated heterocycles. The smallest absolute Gasteiger partial charge is 0.257 e. The van der Waals surface area contributed by atoms with Crippen molar-refractivity contribution < 1.29 is 9.90 Å². The molecule has 2 N–H and O–H groups in total. The molecule has 0 radical (unpaired) electrons. The Morgan fingerprint density at radius 2 is 1.73 bits per heavy atom. The molecule has 158 valence electrons. The van der Waals surface area contributed by atoms with Crippen LogP contribution >= 0.6 is 0 Å². The second kappa shape index (κ2) is 6.84. The van der Waals surface area contributed by atoms with Gasteiger partial charge < -0.3 is 15.3 Å². The molecule has 1 aromatic heterocycles. The molecular formula is C24H30N4O2. The van der Waals surface area contributed by atoms with E-state index in [2.05, 4.69) is 15.3 Å². The molecule has 7 rings (SSSR count). The Bertz CT molecular complexity index is 918. The summed E-state index contributed by atoms with van der Waals surface area (Å²) in [5.41, 5.74) is 1.54. The van der Waals surface area contributed by atoms with E-state index in [1.165, 1.54) is 19.3 Å². The van der Waals surface area contributed by atoms with E-state index in [4.69, 9.17) is 0 Å². The number of nitrogens with one attached hydrogen (secondary N) is 1. The third-order valence-corrected chi connectivity index (χ3v) is 7.87. The molecule has 6 nitrogen and oxygen atoms in total. The number of aliphatic hydroxyl groups is 1. The van der Waals surface area contributed by atoms with Crippen molar-refractivity contribution in [3.63, 3.8) is 0 Å². The predicted octanol–water partition coefficient (Wildman–Crippen LogP) is 3.14. The van der Waals surface area contributed by atoms with Crippen LogP contribution in [-0.4, -0.2) is 45.5 Å². The van der Waals surface area contributed by atoms with Crippen LogP contribution in [0.2, 0.25) is 0 Å². The fourth-order valence-corrected chi connectivity index (χ4v) is 7.07. The Morgan fingerprint density at radius 3 is 2.33 bits per heavy atom. The molecule has 2 aromatic rings. The highest BCUT2D eigenvalue weighted by Crippen LogP contribution is 2.55. The molecule has 6 heteroatoms. The maximum atomic E-state index is 13.6. The number of carbonyl (C=O) groups is 1. The summed E-state index contributed by atoms with van der Waals surface area (Å²) in [7, 11) is 0. The molecule has 5 fully saturated rings. The summed E-state index contributed by atoms with van der Waals surface area (Å²) in [5, 5.41) is 18.2. The monoisotopic (exact) mass is 406 g/mol. The fraction of sp³-hybridized carbons (Fsp3) is 0.583. The maximum absolute atomic E-state index is 13.6. The Balaban J connectivity index is 1.34. The topological polar surface area (TPSA) is 70.4 Å². The molecule has 4 saturated carbocycles. The minimum absolute atomic E-state index is 0.00415. The van der Waals surface area contributed by atoms with Gasteiger partial charge in [-0.15, -0.1) is 0 Å². The first-order valence-electron chi connectivity index (χ1n) is 11.5. The van der Waals surface area contributed by atoms with Crippen molar-refractivity contribution in [1.29, 1.82) is 0 Å². The molecule has 4 aliphatic carbocycles. The molecule has 1 atom stereocenters. The number of carbonyl (C=O) groups excluding carboxylic acids is 1. The van der Waals surface area contributed by atoms with Gasteiger partial charge in [0.15, 0.2) is 0 Å². The first-order valence-corrected chi connectivity index (χ1v) is 11.5. The van der Waals surface area contributed by atoms with Crippen molar-refractivity contribution in [2.75, 3.05) is 18.0 Å². The van der Waals surface area contributed by atoms with Crippen LogP contribution in [0.4, 0.5) is 5.82 Å². The van der Waals surface area contributed by atoms with E-state index in [1.54, 1.807) is 6.20 Å². The predicted molar refractivity (Wildman–Crippen MR) is 115 cm³/mol. The number of rotatable bonds is 4. The first kappa shape index (κ1) is 18.4. The lowest BCUT2D eigenvalue weighted by Crippen LogP contribution is -2.59. The third kappa shape index (κ3) is 3.04. The number of amides is 1. The molecule has 5 aliphatic rings. The molecule has 1 unspecified atom stereocenters. The second-order valence-electron chi connectivity index (χ2n) is 10.2. The quantitative estimate of drug-likeness (QED) is 0.818. The molecule has 1 aromatic carbocycles. The van der Waals surface area contributed by atoms with Crippen molar-refractivity contribution in [3.8, 4) is 5.69 Å². The number of benzene rings is 1. The van der Waals surface area contributed by atoms with Gasteiger partial charge in [-0.1, -0.05) is 18.2 Å². The Kier molecular flexibility index (Phi) is 4.20. The number of aliphatic hydroxyl groups excluding tert-OH is 1. The minimum atomic E-state index is -0.358. The van der Waals surface area contributed by atoms with Crippen LogP contribution in [0.25, 0.3) is 5.69 Å². The van der Waals surface area contributed by atoms with Crippen LogP contribution in [0.5, 0.6) is 0 Å². The van der Waals surface area contributed by atoms with E-state index in [1.807, 2.05) is 35.0 Å². The van der Waals surface area contributed by atoms with Crippen molar-refractivity contribution in [2.24, 2.45) is 17.8 Å². The normalized spacial score (nSPS) is 34.5. The van der Waals surface area contributed by atoms with Crippen LogP contribution in [0.15, 0.2) is 36.5 Å². The number of nitrogens with zero attached hydrogens (tertiary/aromatic N) is 3.